The van der Waals surface area contributed by atoms with Crippen molar-refractivity contribution in [1.82, 2.24) is 0 Å². The van der Waals surface area contributed by atoms with Gasteiger partial charge >= 0.3 is 5.97 Å². The molecule has 0 saturated heterocycles. The number of Topliss-reactive ketones (excluding diaryl/α,β-unsaturated/α-hetero) is 1. The number of carbonyl (C=O) groups is 2. The predicted molar refractivity (Wildman–Crippen MR) is 131 cm³/mol. The molecular formula is C23H40IO4P. The molecule has 0 heterocycles. The lowest BCUT2D eigenvalue weighted by Crippen LogP contribution is -2.21. The van der Waals surface area contributed by atoms with Crippen molar-refractivity contribution in [1.29, 1.82) is 0 Å². The van der Waals surface area contributed by atoms with Crippen molar-refractivity contribution >= 4 is 40.2 Å². The maximum absolute atomic E-state index is 12.4. The molecule has 1 N–H and O–H groups in total. The molecule has 0 aromatic rings. The van der Waals surface area contributed by atoms with Gasteiger partial charge in [-0.05, 0) is 78.3 Å². The highest BCUT2D eigenvalue weighted by Crippen LogP contribution is 2.46. The van der Waals surface area contributed by atoms with Gasteiger partial charge in [-0.3, -0.25) is 9.59 Å². The van der Waals surface area contributed by atoms with Gasteiger partial charge in [-0.2, -0.15) is 0 Å². The monoisotopic (exact) mass is 538 g/mol. The summed E-state index contributed by atoms with van der Waals surface area (Å²) in [5, 5.41) is 8.72. The summed E-state index contributed by atoms with van der Waals surface area (Å²) in [6.45, 7) is 4.99. The Morgan fingerprint density at radius 1 is 1.07 bits per heavy atom. The number of aliphatic carboxylic acids is 1. The molecule has 6 heteroatoms. The van der Waals surface area contributed by atoms with Crippen LogP contribution < -0.4 is 0 Å². The second-order valence-electron chi connectivity index (χ2n) is 8.51. The minimum atomic E-state index is -0.725. The molecule has 29 heavy (non-hydrogen) atoms. The number of unbranched alkanes of at least 4 members (excludes halogenated alkanes) is 5. The fourth-order valence-corrected chi connectivity index (χ4v) is 5.90. The lowest BCUT2D eigenvalue weighted by atomic mass is 9.83. The Hall–Kier alpha value is -0.000000000000000222. The van der Waals surface area contributed by atoms with Crippen molar-refractivity contribution in [3.05, 3.63) is 12.2 Å². The Morgan fingerprint density at radius 3 is 2.52 bits per heavy atom. The highest BCUT2D eigenvalue weighted by Gasteiger charge is 2.40. The molecule has 0 spiro atoms. The van der Waals surface area contributed by atoms with Crippen LogP contribution in [0.2, 0.25) is 0 Å². The van der Waals surface area contributed by atoms with Crippen LogP contribution in [0.15, 0.2) is 12.2 Å². The van der Waals surface area contributed by atoms with E-state index in [9.17, 15) is 9.59 Å². The minimum absolute atomic E-state index is 0.236. The van der Waals surface area contributed by atoms with Gasteiger partial charge in [-0.1, -0.05) is 51.7 Å². The number of hydrogen-bond donors (Lipinski definition) is 1. The molecule has 1 aliphatic rings. The van der Waals surface area contributed by atoms with Crippen molar-refractivity contribution in [3.63, 3.8) is 0 Å². The van der Waals surface area contributed by atoms with Crippen LogP contribution in [0.5, 0.6) is 0 Å². The number of rotatable bonds is 17. The highest BCUT2D eigenvalue weighted by molar-refractivity contribution is 14.2. The van der Waals surface area contributed by atoms with Crippen molar-refractivity contribution in [2.45, 2.75) is 103 Å². The van der Waals surface area contributed by atoms with Crippen LogP contribution in [0, 0.1) is 17.8 Å². The number of carboxylic acid groups (broad SMARTS) is 1. The zero-order valence-electron chi connectivity index (χ0n) is 18.2. The van der Waals surface area contributed by atoms with Crippen LogP contribution >= 0.6 is 28.5 Å². The molecule has 0 amide bonds. The van der Waals surface area contributed by atoms with Gasteiger partial charge in [0.1, 0.15) is 5.78 Å². The quantitative estimate of drug-likeness (QED) is 0.0902. The van der Waals surface area contributed by atoms with E-state index in [0.717, 1.165) is 38.5 Å². The molecule has 0 radical (unpaired) electrons. The first-order chi connectivity index (χ1) is 14.0. The van der Waals surface area contributed by atoms with Crippen LogP contribution in [-0.4, -0.2) is 23.0 Å². The van der Waals surface area contributed by atoms with Crippen molar-refractivity contribution in [2.24, 2.45) is 17.8 Å². The molecular weight excluding hydrogens is 498 g/mol. The van der Waals surface area contributed by atoms with Gasteiger partial charge in [0.2, 0.25) is 0 Å². The molecule has 0 bridgehead atoms. The van der Waals surface area contributed by atoms with Gasteiger partial charge in [0.15, 0.2) is 0 Å². The summed E-state index contributed by atoms with van der Waals surface area (Å²) in [6.07, 6.45) is 16.8. The standard InChI is InChI=1S/C23H40IO4P/c1-3-4-5-6-9-12-19(25)15-16-21-20(18(2)17-22(21)28-29-24)13-10-7-8-11-14-23(26)27/h7,10,18,20-22,29H,3-6,8-9,11-17H2,1-2H3,(H,26,27)/b10-7-/t18-,20-,21+,22+/m0/s1. The van der Waals surface area contributed by atoms with Crippen LogP contribution in [0.4, 0.5) is 0 Å². The third kappa shape index (κ3) is 11.8. The summed E-state index contributed by atoms with van der Waals surface area (Å²) in [5.41, 5.74) is 0. The normalized spacial score (nSPS) is 24.8. The first kappa shape index (κ1) is 27.0. The van der Waals surface area contributed by atoms with Gasteiger partial charge in [-0.15, -0.1) is 0 Å². The highest BCUT2D eigenvalue weighted by atomic mass is 127. The molecule has 1 saturated carbocycles. The number of carbonyl (C=O) groups excluding carboxylic acids is 1. The second-order valence-corrected chi connectivity index (χ2v) is 10.2. The Kier molecular flexibility index (Phi) is 15.5. The molecule has 1 aliphatic carbocycles. The number of hydrogen-bond acceptors (Lipinski definition) is 3. The second kappa shape index (κ2) is 16.7. The van der Waals surface area contributed by atoms with Gasteiger partial charge in [0.05, 0.1) is 12.6 Å². The largest absolute Gasteiger partial charge is 0.481 e. The molecule has 0 aromatic carbocycles. The lowest BCUT2D eigenvalue weighted by Gasteiger charge is -2.24. The molecule has 0 aliphatic heterocycles. The van der Waals surface area contributed by atoms with E-state index in [1.807, 2.05) is 0 Å². The Morgan fingerprint density at radius 2 is 1.83 bits per heavy atom. The van der Waals surface area contributed by atoms with Crippen LogP contribution in [0.3, 0.4) is 0 Å². The third-order valence-electron chi connectivity index (χ3n) is 6.21. The summed E-state index contributed by atoms with van der Waals surface area (Å²) in [6, 6.07) is 0. The summed E-state index contributed by atoms with van der Waals surface area (Å²) < 4.78 is 6.06. The summed E-state index contributed by atoms with van der Waals surface area (Å²) in [4.78, 5) is 23.0. The Bertz CT molecular complexity index is 497. The maximum atomic E-state index is 12.4. The fourth-order valence-electron chi connectivity index (χ4n) is 4.53. The summed E-state index contributed by atoms with van der Waals surface area (Å²) in [5.74, 6) is 1.31. The lowest BCUT2D eigenvalue weighted by molar-refractivity contribution is -0.137. The SMILES string of the molecule is CCCCCCCC(=O)CC[C@@H]1[C@@H](C/C=C\CCCC(=O)O)[C@@H](C)C[C@H]1OPI. The van der Waals surface area contributed by atoms with E-state index in [1.165, 1.54) is 25.7 Å². The molecule has 0 aromatic heterocycles. The predicted octanol–water partition coefficient (Wildman–Crippen LogP) is 7.50. The Balaban J connectivity index is 2.46. The average Bonchev–Trinajstić information content (AvgIpc) is 2.97. The average molecular weight is 538 g/mol. The Labute approximate surface area is 192 Å². The smallest absolute Gasteiger partial charge is 0.303 e. The van der Waals surface area contributed by atoms with E-state index in [-0.39, 0.29) is 12.5 Å². The molecule has 5 atom stereocenters. The van der Waals surface area contributed by atoms with E-state index < -0.39 is 5.97 Å². The van der Waals surface area contributed by atoms with Gasteiger partial charge in [-0.25, -0.2) is 0 Å². The van der Waals surface area contributed by atoms with Crippen LogP contribution in [-0.2, 0) is 14.1 Å². The first-order valence-corrected chi connectivity index (χ1v) is 15.4. The number of allylic oxidation sites excluding steroid dienone is 2. The van der Waals surface area contributed by atoms with Crippen molar-refractivity contribution in [3.8, 4) is 0 Å². The number of halogens is 1. The summed E-state index contributed by atoms with van der Waals surface area (Å²) >= 11 is 2.30. The zero-order valence-corrected chi connectivity index (χ0v) is 21.4. The molecule has 1 rings (SSSR count). The van der Waals surface area contributed by atoms with Gasteiger partial charge in [0, 0.05) is 19.3 Å². The number of ketones is 1. The molecule has 1 unspecified atom stereocenters. The fraction of sp³-hybridized carbons (Fsp3) is 0.826. The van der Waals surface area contributed by atoms with E-state index in [0.29, 0.717) is 42.8 Å². The minimum Gasteiger partial charge on any atom is -0.481 e. The summed E-state index contributed by atoms with van der Waals surface area (Å²) in [7, 11) is 0. The molecule has 4 nitrogen and oxygen atoms in total. The van der Waals surface area contributed by atoms with E-state index in [4.69, 9.17) is 9.63 Å². The van der Waals surface area contributed by atoms with E-state index in [2.05, 4.69) is 48.0 Å². The maximum Gasteiger partial charge on any atom is 0.303 e. The van der Waals surface area contributed by atoms with Gasteiger partial charge in [0.25, 0.3) is 0 Å². The van der Waals surface area contributed by atoms with E-state index >= 15 is 0 Å². The number of carboxylic acids is 1. The van der Waals surface area contributed by atoms with Crippen molar-refractivity contribution < 1.29 is 19.2 Å². The van der Waals surface area contributed by atoms with Crippen molar-refractivity contribution in [2.75, 3.05) is 0 Å². The van der Waals surface area contributed by atoms with Gasteiger partial charge < -0.3 is 9.63 Å². The first-order valence-electron chi connectivity index (χ1n) is 11.4. The van der Waals surface area contributed by atoms with E-state index in [1.54, 1.807) is 0 Å². The van der Waals surface area contributed by atoms with Crippen LogP contribution in [0.1, 0.15) is 97.3 Å². The molecule has 1 fully saturated rings. The zero-order chi connectivity index (χ0) is 21.5. The third-order valence-corrected chi connectivity index (χ3v) is 7.37. The van der Waals surface area contributed by atoms with Crippen LogP contribution in [0.25, 0.3) is 0 Å². The molecule has 168 valence electrons. The topological polar surface area (TPSA) is 63.6 Å².